The minimum absolute atomic E-state index is 0.0960. The van der Waals surface area contributed by atoms with E-state index in [1.54, 1.807) is 13.2 Å². The fourth-order valence-corrected chi connectivity index (χ4v) is 4.02. The van der Waals surface area contributed by atoms with Crippen LogP contribution < -0.4 is 5.32 Å². The lowest BCUT2D eigenvalue weighted by molar-refractivity contribution is -0.137. The standard InChI is InChI=1S/C22H17F3N4OS/c1-13-26-19(14-6-4-3-5-7-14)21(31-13)27-20(30)15-8-9-17(22(23,24)25)16(12-15)18-10-11-29(2)28-18/h3-12H,1-2H3,(H,27,30). The minimum atomic E-state index is -4.57. The first-order chi connectivity index (χ1) is 14.7. The van der Waals surface area contributed by atoms with Crippen molar-refractivity contribution in [3.05, 3.63) is 76.9 Å². The van der Waals surface area contributed by atoms with Gasteiger partial charge in [0.05, 0.1) is 16.3 Å². The lowest BCUT2D eigenvalue weighted by Gasteiger charge is -2.13. The van der Waals surface area contributed by atoms with E-state index >= 15 is 0 Å². The van der Waals surface area contributed by atoms with Gasteiger partial charge in [-0.25, -0.2) is 4.98 Å². The van der Waals surface area contributed by atoms with Gasteiger partial charge in [0.15, 0.2) is 0 Å². The molecular weight excluding hydrogens is 425 g/mol. The van der Waals surface area contributed by atoms with Crippen molar-refractivity contribution >= 4 is 22.2 Å². The first kappa shape index (κ1) is 20.8. The van der Waals surface area contributed by atoms with E-state index in [-0.39, 0.29) is 16.8 Å². The number of carbonyl (C=O) groups is 1. The van der Waals surface area contributed by atoms with Crippen LogP contribution >= 0.6 is 11.3 Å². The van der Waals surface area contributed by atoms with Crippen LogP contribution in [0.1, 0.15) is 20.9 Å². The topological polar surface area (TPSA) is 59.8 Å². The number of carbonyl (C=O) groups excluding carboxylic acids is 1. The molecule has 0 unspecified atom stereocenters. The summed E-state index contributed by atoms with van der Waals surface area (Å²) in [6, 6.07) is 14.1. The molecule has 0 atom stereocenters. The molecule has 2 heterocycles. The second-order valence-corrected chi connectivity index (χ2v) is 8.07. The largest absolute Gasteiger partial charge is 0.417 e. The first-order valence-corrected chi connectivity index (χ1v) is 10.1. The number of aryl methyl sites for hydroxylation is 2. The SMILES string of the molecule is Cc1nc(-c2ccccc2)c(NC(=O)c2ccc(C(F)(F)F)c(-c3ccn(C)n3)c2)s1. The molecule has 4 rings (SSSR count). The predicted molar refractivity (Wildman–Crippen MR) is 114 cm³/mol. The van der Waals surface area contributed by atoms with Gasteiger partial charge in [0.2, 0.25) is 0 Å². The summed E-state index contributed by atoms with van der Waals surface area (Å²) in [5, 5.41) is 8.17. The highest BCUT2D eigenvalue weighted by molar-refractivity contribution is 7.16. The Hall–Kier alpha value is -3.46. The maximum atomic E-state index is 13.5. The molecule has 0 radical (unpaired) electrons. The molecule has 158 valence electrons. The number of alkyl halides is 3. The summed E-state index contributed by atoms with van der Waals surface area (Å²) < 4.78 is 42.0. The number of thiazole rings is 1. The smallest absolute Gasteiger partial charge is 0.312 e. The first-order valence-electron chi connectivity index (χ1n) is 9.28. The monoisotopic (exact) mass is 442 g/mol. The molecule has 1 amide bonds. The van der Waals surface area contributed by atoms with E-state index in [9.17, 15) is 18.0 Å². The highest BCUT2D eigenvalue weighted by Gasteiger charge is 2.34. The number of benzene rings is 2. The summed E-state index contributed by atoms with van der Waals surface area (Å²) in [5.41, 5.74) is 0.699. The van der Waals surface area contributed by atoms with Crippen LogP contribution in [-0.4, -0.2) is 20.7 Å². The van der Waals surface area contributed by atoms with E-state index in [0.29, 0.717) is 10.7 Å². The van der Waals surface area contributed by atoms with Crippen LogP contribution in [0, 0.1) is 6.92 Å². The summed E-state index contributed by atoms with van der Waals surface area (Å²) in [6.45, 7) is 1.82. The Labute approximate surface area is 180 Å². The van der Waals surface area contributed by atoms with E-state index in [1.165, 1.54) is 34.2 Å². The lowest BCUT2D eigenvalue weighted by atomic mass is 10.0. The molecular formula is C22H17F3N4OS. The summed E-state index contributed by atoms with van der Waals surface area (Å²) in [5.74, 6) is -0.522. The second-order valence-electron chi connectivity index (χ2n) is 6.86. The van der Waals surface area contributed by atoms with Gasteiger partial charge in [0.25, 0.3) is 5.91 Å². The molecule has 1 N–H and O–H groups in total. The highest BCUT2D eigenvalue weighted by atomic mass is 32.1. The Morgan fingerprint density at radius 3 is 2.48 bits per heavy atom. The van der Waals surface area contributed by atoms with Gasteiger partial charge in [-0.1, -0.05) is 30.3 Å². The average Bonchev–Trinajstić information content (AvgIpc) is 3.33. The molecule has 31 heavy (non-hydrogen) atoms. The van der Waals surface area contributed by atoms with Crippen LogP contribution in [0.3, 0.4) is 0 Å². The third-order valence-electron chi connectivity index (χ3n) is 4.59. The molecule has 9 heteroatoms. The molecule has 2 aromatic heterocycles. The van der Waals surface area contributed by atoms with E-state index in [2.05, 4.69) is 15.4 Å². The molecule has 0 bridgehead atoms. The zero-order valence-corrected chi connectivity index (χ0v) is 17.4. The van der Waals surface area contributed by atoms with Crippen molar-refractivity contribution in [2.75, 3.05) is 5.32 Å². The number of nitrogens with one attached hydrogen (secondary N) is 1. The third kappa shape index (κ3) is 4.36. The van der Waals surface area contributed by atoms with Gasteiger partial charge in [-0.2, -0.15) is 18.3 Å². The average molecular weight is 442 g/mol. The van der Waals surface area contributed by atoms with Crippen LogP contribution in [0.25, 0.3) is 22.5 Å². The van der Waals surface area contributed by atoms with Gasteiger partial charge in [-0.05, 0) is 31.2 Å². The Bertz CT molecular complexity index is 1250. The van der Waals surface area contributed by atoms with Crippen molar-refractivity contribution in [3.63, 3.8) is 0 Å². The fourth-order valence-electron chi connectivity index (χ4n) is 3.18. The number of halogens is 3. The minimum Gasteiger partial charge on any atom is -0.312 e. The molecule has 0 saturated carbocycles. The third-order valence-corrected chi connectivity index (χ3v) is 5.47. The number of anilines is 1. The van der Waals surface area contributed by atoms with Crippen LogP contribution in [0.4, 0.5) is 18.2 Å². The predicted octanol–water partition coefficient (Wildman–Crippen LogP) is 5.79. The molecule has 4 aromatic rings. The zero-order chi connectivity index (χ0) is 22.2. The molecule has 0 fully saturated rings. The van der Waals surface area contributed by atoms with Gasteiger partial charge < -0.3 is 5.32 Å². The van der Waals surface area contributed by atoms with Crippen molar-refractivity contribution in [2.24, 2.45) is 7.05 Å². The molecule has 0 spiro atoms. The second kappa shape index (κ2) is 7.99. The molecule has 0 aliphatic rings. The maximum absolute atomic E-state index is 13.5. The quantitative estimate of drug-likeness (QED) is 0.435. The van der Waals surface area contributed by atoms with Gasteiger partial charge in [-0.15, -0.1) is 11.3 Å². The normalized spacial score (nSPS) is 11.5. The van der Waals surface area contributed by atoms with E-state index < -0.39 is 17.6 Å². The highest BCUT2D eigenvalue weighted by Crippen LogP contribution is 2.38. The van der Waals surface area contributed by atoms with Crippen molar-refractivity contribution < 1.29 is 18.0 Å². The van der Waals surface area contributed by atoms with Crippen molar-refractivity contribution in [1.82, 2.24) is 14.8 Å². The zero-order valence-electron chi connectivity index (χ0n) is 16.6. The summed E-state index contributed by atoms with van der Waals surface area (Å²) >= 11 is 1.30. The number of aromatic nitrogens is 3. The Morgan fingerprint density at radius 2 is 1.84 bits per heavy atom. The van der Waals surface area contributed by atoms with Crippen molar-refractivity contribution in [1.29, 1.82) is 0 Å². The molecule has 2 aromatic carbocycles. The Balaban J connectivity index is 1.71. The van der Waals surface area contributed by atoms with Gasteiger partial charge in [0.1, 0.15) is 10.7 Å². The molecule has 0 saturated heterocycles. The number of amides is 1. The maximum Gasteiger partial charge on any atom is 0.417 e. The summed E-state index contributed by atoms with van der Waals surface area (Å²) in [4.78, 5) is 17.4. The van der Waals surface area contributed by atoms with Crippen molar-refractivity contribution in [2.45, 2.75) is 13.1 Å². The van der Waals surface area contributed by atoms with Crippen LogP contribution in [0.2, 0.25) is 0 Å². The van der Waals surface area contributed by atoms with Gasteiger partial charge in [0, 0.05) is 29.9 Å². The van der Waals surface area contributed by atoms with Crippen LogP contribution in [0.5, 0.6) is 0 Å². The lowest BCUT2D eigenvalue weighted by Crippen LogP contribution is -2.14. The number of hydrogen-bond donors (Lipinski definition) is 1. The Kier molecular flexibility index (Phi) is 5.36. The van der Waals surface area contributed by atoms with Gasteiger partial charge in [-0.3, -0.25) is 9.48 Å². The number of rotatable bonds is 4. The van der Waals surface area contributed by atoms with E-state index in [4.69, 9.17) is 0 Å². The molecule has 5 nitrogen and oxygen atoms in total. The molecule has 0 aliphatic carbocycles. The van der Waals surface area contributed by atoms with Gasteiger partial charge >= 0.3 is 6.18 Å². The van der Waals surface area contributed by atoms with E-state index in [1.807, 2.05) is 37.3 Å². The summed E-state index contributed by atoms with van der Waals surface area (Å²) in [6.07, 6.45) is -3.02. The fraction of sp³-hybridized carbons (Fsp3) is 0.136. The molecule has 0 aliphatic heterocycles. The number of nitrogens with zero attached hydrogens (tertiary/aromatic N) is 3. The summed E-state index contributed by atoms with van der Waals surface area (Å²) in [7, 11) is 1.62. The Morgan fingerprint density at radius 1 is 1.10 bits per heavy atom. The van der Waals surface area contributed by atoms with Crippen LogP contribution in [-0.2, 0) is 13.2 Å². The van der Waals surface area contributed by atoms with Crippen molar-refractivity contribution in [3.8, 4) is 22.5 Å². The van der Waals surface area contributed by atoms with E-state index in [0.717, 1.165) is 16.6 Å². The van der Waals surface area contributed by atoms with Crippen LogP contribution in [0.15, 0.2) is 60.8 Å². The number of hydrogen-bond acceptors (Lipinski definition) is 4.